The summed E-state index contributed by atoms with van der Waals surface area (Å²) in [4.78, 5) is 33.7. The van der Waals surface area contributed by atoms with Crippen molar-refractivity contribution < 1.29 is 19.8 Å². The summed E-state index contributed by atoms with van der Waals surface area (Å²) in [6, 6.07) is 6.72. The lowest BCUT2D eigenvalue weighted by Gasteiger charge is -2.16. The fraction of sp³-hybridized carbons (Fsp3) is 0.273. The number of hydrogen-bond acceptors (Lipinski definition) is 8. The third kappa shape index (κ3) is 6.19. The number of nitrogens with one attached hydrogen (secondary N) is 3. The molecule has 0 spiro atoms. The molecule has 0 saturated carbocycles. The largest absolute Gasteiger partial charge is 0.508 e. The zero-order valence-electron chi connectivity index (χ0n) is 18.8. The number of carbonyl (C=O) groups excluding carboxylic acids is 2. The molecule has 2 amide bonds. The van der Waals surface area contributed by atoms with Gasteiger partial charge in [-0.25, -0.2) is 9.97 Å². The predicted octanol–water partition coefficient (Wildman–Crippen LogP) is 4.30. The van der Waals surface area contributed by atoms with E-state index in [2.05, 4.69) is 25.9 Å². The van der Waals surface area contributed by atoms with Gasteiger partial charge in [0.25, 0.3) is 11.8 Å². The molecule has 0 saturated heterocycles. The number of pyridine rings is 1. The Morgan fingerprint density at radius 2 is 1.70 bits per heavy atom. The van der Waals surface area contributed by atoms with Crippen LogP contribution in [-0.4, -0.2) is 37.6 Å². The van der Waals surface area contributed by atoms with Crippen LogP contribution in [0.15, 0.2) is 30.5 Å². The van der Waals surface area contributed by atoms with Crippen molar-refractivity contribution in [3.8, 4) is 5.75 Å². The van der Waals surface area contributed by atoms with Crippen LogP contribution in [0.2, 0.25) is 0 Å². The third-order valence-electron chi connectivity index (χ3n) is 4.73. The van der Waals surface area contributed by atoms with E-state index >= 15 is 0 Å². The molecule has 5 N–H and O–H groups in total. The number of hydrogen-bond donors (Lipinski definition) is 5. The summed E-state index contributed by atoms with van der Waals surface area (Å²) in [7, 11) is 0. The summed E-state index contributed by atoms with van der Waals surface area (Å²) in [5.41, 5.74) is 1.25. The van der Waals surface area contributed by atoms with Crippen molar-refractivity contribution in [1.82, 2.24) is 9.97 Å². The highest BCUT2D eigenvalue weighted by Gasteiger charge is 2.24. The smallest absolute Gasteiger partial charge is 0.267 e. The fourth-order valence-electron chi connectivity index (χ4n) is 2.74. The number of nitrogens with zero attached hydrogens (tertiary/aromatic N) is 2. The summed E-state index contributed by atoms with van der Waals surface area (Å²) >= 11 is 1.14. The second-order valence-corrected chi connectivity index (χ2v) is 8.92. The minimum Gasteiger partial charge on any atom is -0.508 e. The van der Waals surface area contributed by atoms with Gasteiger partial charge in [-0.1, -0.05) is 23.5 Å². The molecule has 3 aromatic rings. The first-order valence-electron chi connectivity index (χ1n) is 9.80. The van der Waals surface area contributed by atoms with Crippen LogP contribution in [-0.2, 0) is 4.79 Å². The maximum atomic E-state index is 12.7. The van der Waals surface area contributed by atoms with Gasteiger partial charge in [0.15, 0.2) is 5.13 Å². The van der Waals surface area contributed by atoms with Gasteiger partial charge >= 0.3 is 0 Å². The molecule has 0 aliphatic heterocycles. The van der Waals surface area contributed by atoms with Gasteiger partial charge in [-0.05, 0) is 57.9 Å². The second kappa shape index (κ2) is 10.2. The van der Waals surface area contributed by atoms with Crippen LogP contribution in [0, 0.1) is 20.8 Å². The average Bonchev–Trinajstić information content (AvgIpc) is 3.18. The van der Waals surface area contributed by atoms with Gasteiger partial charge in [0.1, 0.15) is 27.9 Å². The monoisotopic (exact) mass is 491 g/mol. The second-order valence-electron chi connectivity index (χ2n) is 7.89. The van der Waals surface area contributed by atoms with Crippen molar-refractivity contribution in [3.63, 3.8) is 0 Å². The lowest BCUT2D eigenvalue weighted by Crippen LogP contribution is -2.36. The molecule has 9 nitrogen and oxygen atoms in total. The number of phenols is 1. The van der Waals surface area contributed by atoms with Crippen molar-refractivity contribution in [2.45, 2.75) is 40.2 Å². The molecule has 33 heavy (non-hydrogen) atoms. The van der Waals surface area contributed by atoms with Crippen LogP contribution < -0.4 is 16.0 Å². The number of thiazole rings is 1. The highest BCUT2D eigenvalue weighted by molar-refractivity contribution is 7.17. The zero-order valence-corrected chi connectivity index (χ0v) is 20.4. The maximum Gasteiger partial charge on any atom is 0.267 e. The van der Waals surface area contributed by atoms with Crippen LogP contribution in [0.25, 0.3) is 0 Å². The number of aliphatic hydroxyl groups is 1. The highest BCUT2D eigenvalue weighted by atomic mass is 35.5. The standard InChI is InChI=1S/C22H25N5O4S.ClH/c1-11-6-8-14(28)13(3)17(11)26-19(29)15-10-23-21(32-15)27-18-12(2)7-9-16(24-18)25-20(30)22(4,5)31;/h6-10,28,31H,1-5H3,(H,26,29)(H2,23,24,25,27,30);1H. The molecule has 0 aliphatic rings. The Kier molecular flexibility index (Phi) is 8.02. The molecule has 0 unspecified atom stereocenters. The van der Waals surface area contributed by atoms with E-state index in [1.807, 2.05) is 13.8 Å². The molecule has 0 aliphatic carbocycles. The minimum atomic E-state index is -1.54. The van der Waals surface area contributed by atoms with Gasteiger partial charge < -0.3 is 26.2 Å². The van der Waals surface area contributed by atoms with E-state index < -0.39 is 11.5 Å². The topological polar surface area (TPSA) is 136 Å². The molecule has 0 radical (unpaired) electrons. The first kappa shape index (κ1) is 26.0. The third-order valence-corrected chi connectivity index (χ3v) is 5.64. The van der Waals surface area contributed by atoms with Gasteiger partial charge in [0, 0.05) is 5.56 Å². The van der Waals surface area contributed by atoms with Crippen LogP contribution >= 0.6 is 23.7 Å². The van der Waals surface area contributed by atoms with Crippen molar-refractivity contribution in [2.75, 3.05) is 16.0 Å². The molecule has 11 heteroatoms. The first-order chi connectivity index (χ1) is 15.0. The zero-order chi connectivity index (χ0) is 23.6. The Bertz CT molecular complexity index is 1190. The Labute approximate surface area is 201 Å². The number of halogens is 1. The van der Waals surface area contributed by atoms with Crippen molar-refractivity contribution >= 4 is 58.0 Å². The van der Waals surface area contributed by atoms with E-state index in [1.165, 1.54) is 20.0 Å². The van der Waals surface area contributed by atoms with Crippen LogP contribution in [0.5, 0.6) is 5.75 Å². The molecule has 0 atom stereocenters. The molecule has 176 valence electrons. The number of aromatic hydroxyl groups is 1. The van der Waals surface area contributed by atoms with Crippen molar-refractivity contribution in [1.29, 1.82) is 0 Å². The Balaban J connectivity index is 0.00000385. The van der Waals surface area contributed by atoms with Crippen molar-refractivity contribution in [2.24, 2.45) is 0 Å². The number of aryl methyl sites for hydroxylation is 2. The maximum absolute atomic E-state index is 12.7. The fourth-order valence-corrected chi connectivity index (χ4v) is 3.45. The number of amides is 2. The summed E-state index contributed by atoms with van der Waals surface area (Å²) in [5, 5.41) is 28.6. The summed E-state index contributed by atoms with van der Waals surface area (Å²) in [5.74, 6) is -0.0847. The van der Waals surface area contributed by atoms with Crippen molar-refractivity contribution in [3.05, 3.63) is 52.0 Å². The Morgan fingerprint density at radius 1 is 1.03 bits per heavy atom. The highest BCUT2D eigenvalue weighted by Crippen LogP contribution is 2.30. The van der Waals surface area contributed by atoms with Gasteiger partial charge in [-0.15, -0.1) is 12.4 Å². The van der Waals surface area contributed by atoms with Gasteiger partial charge in [0.2, 0.25) is 0 Å². The molecule has 2 heterocycles. The minimum absolute atomic E-state index is 0. The molecular weight excluding hydrogens is 466 g/mol. The summed E-state index contributed by atoms with van der Waals surface area (Å²) < 4.78 is 0. The van der Waals surface area contributed by atoms with Crippen LogP contribution in [0.1, 0.15) is 40.2 Å². The number of anilines is 4. The lowest BCUT2D eigenvalue weighted by molar-refractivity contribution is -0.130. The van der Waals surface area contributed by atoms with Crippen LogP contribution in [0.4, 0.5) is 22.5 Å². The lowest BCUT2D eigenvalue weighted by atomic mass is 10.1. The average molecular weight is 492 g/mol. The van der Waals surface area contributed by atoms with Crippen LogP contribution in [0.3, 0.4) is 0 Å². The summed E-state index contributed by atoms with van der Waals surface area (Å²) in [6.45, 7) is 8.19. The number of aromatic nitrogens is 2. The van der Waals surface area contributed by atoms with E-state index in [9.17, 15) is 19.8 Å². The van der Waals surface area contributed by atoms with Gasteiger partial charge in [-0.3, -0.25) is 9.59 Å². The Hall–Kier alpha value is -3.21. The predicted molar refractivity (Wildman–Crippen MR) is 132 cm³/mol. The van der Waals surface area contributed by atoms with Gasteiger partial charge in [0.05, 0.1) is 11.9 Å². The van der Waals surface area contributed by atoms with E-state index in [0.717, 1.165) is 22.5 Å². The SMILES string of the molecule is Cc1ccc(NC(=O)C(C)(C)O)nc1Nc1ncc(C(=O)Nc2c(C)ccc(O)c2C)s1.Cl. The molecule has 0 bridgehead atoms. The molecular formula is C22H26ClN5O4S. The molecule has 1 aromatic carbocycles. The number of rotatable bonds is 6. The number of phenolic OH excluding ortho intramolecular Hbond substituents is 1. The number of carbonyl (C=O) groups is 2. The Morgan fingerprint density at radius 3 is 2.36 bits per heavy atom. The van der Waals surface area contributed by atoms with E-state index in [0.29, 0.717) is 27.1 Å². The van der Waals surface area contributed by atoms with E-state index in [4.69, 9.17) is 0 Å². The van der Waals surface area contributed by atoms with Gasteiger partial charge in [-0.2, -0.15) is 0 Å². The first-order valence-corrected chi connectivity index (χ1v) is 10.6. The molecule has 3 rings (SSSR count). The summed E-state index contributed by atoms with van der Waals surface area (Å²) in [6.07, 6.45) is 1.45. The quantitative estimate of drug-likeness (QED) is 0.346. The number of benzene rings is 1. The molecule has 2 aromatic heterocycles. The molecule has 0 fully saturated rings. The normalized spacial score (nSPS) is 10.8. The van der Waals surface area contributed by atoms with E-state index in [-0.39, 0.29) is 29.9 Å². The van der Waals surface area contributed by atoms with E-state index in [1.54, 1.807) is 31.2 Å².